The number of carbonyl (C=O) groups is 1. The first kappa shape index (κ1) is 17.9. The van der Waals surface area contributed by atoms with E-state index in [2.05, 4.69) is 10.3 Å². The quantitative estimate of drug-likeness (QED) is 0.876. The number of aromatic nitrogens is 1. The number of hydrogen-bond donors (Lipinski definition) is 2. The fraction of sp³-hybridized carbons (Fsp3) is 0.412. The molecule has 0 fully saturated rings. The molecular formula is C17H22FN3O3. The number of nitrogens with two attached hydrogens (primary N) is 1. The predicted octanol–water partition coefficient (Wildman–Crippen LogP) is 3.19. The van der Waals surface area contributed by atoms with Gasteiger partial charge in [-0.25, -0.2) is 9.37 Å². The third-order valence-electron chi connectivity index (χ3n) is 3.41. The second-order valence-corrected chi connectivity index (χ2v) is 6.76. The number of anilines is 1. The molecule has 1 aromatic heterocycles. The lowest BCUT2D eigenvalue weighted by Crippen LogP contribution is -2.38. The molecule has 1 aromatic carbocycles. The molecule has 0 saturated heterocycles. The molecule has 2 aromatic rings. The summed E-state index contributed by atoms with van der Waals surface area (Å²) in [5, 5.41) is 2.51. The lowest BCUT2D eigenvalue weighted by Gasteiger charge is -2.22. The van der Waals surface area contributed by atoms with Gasteiger partial charge < -0.3 is 20.2 Å². The standard InChI is InChI=1S/C17H22FN3O3/c1-17(2,3)7-12(19)16(22)21-13-6-14(23-4)10(5-11(13)18)15-8-20-9-24-15/h5-6,8-9,12H,7,19H2,1-4H3,(H,21,22). The fourth-order valence-electron chi connectivity index (χ4n) is 2.34. The SMILES string of the molecule is COc1cc(NC(=O)C(N)CC(C)(C)C)c(F)cc1-c1cnco1. The summed E-state index contributed by atoms with van der Waals surface area (Å²) in [6.07, 6.45) is 3.18. The Bertz CT molecular complexity index is 709. The summed E-state index contributed by atoms with van der Waals surface area (Å²) < 4.78 is 24.8. The molecule has 1 heterocycles. The molecule has 0 spiro atoms. The number of ether oxygens (including phenoxy) is 1. The van der Waals surface area contributed by atoms with Crippen LogP contribution in [0.1, 0.15) is 27.2 Å². The molecule has 0 aliphatic rings. The maximum atomic E-state index is 14.3. The van der Waals surface area contributed by atoms with Gasteiger partial charge in [-0.05, 0) is 17.9 Å². The molecular weight excluding hydrogens is 313 g/mol. The number of methoxy groups -OCH3 is 1. The van der Waals surface area contributed by atoms with Crippen LogP contribution in [0.15, 0.2) is 29.1 Å². The first-order chi connectivity index (χ1) is 11.2. The van der Waals surface area contributed by atoms with Crippen LogP contribution in [0.2, 0.25) is 0 Å². The van der Waals surface area contributed by atoms with Crippen molar-refractivity contribution in [3.8, 4) is 17.1 Å². The molecule has 1 amide bonds. The van der Waals surface area contributed by atoms with E-state index in [-0.39, 0.29) is 11.1 Å². The largest absolute Gasteiger partial charge is 0.496 e. The van der Waals surface area contributed by atoms with E-state index in [1.807, 2.05) is 20.8 Å². The predicted molar refractivity (Wildman–Crippen MR) is 89.1 cm³/mol. The molecule has 1 unspecified atom stereocenters. The van der Waals surface area contributed by atoms with Crippen molar-refractivity contribution in [2.45, 2.75) is 33.2 Å². The zero-order valence-electron chi connectivity index (χ0n) is 14.2. The van der Waals surface area contributed by atoms with Crippen LogP contribution in [0, 0.1) is 11.2 Å². The number of benzene rings is 1. The monoisotopic (exact) mass is 335 g/mol. The van der Waals surface area contributed by atoms with Crippen molar-refractivity contribution >= 4 is 11.6 Å². The summed E-state index contributed by atoms with van der Waals surface area (Å²) in [6, 6.07) is 1.89. The highest BCUT2D eigenvalue weighted by atomic mass is 19.1. The normalized spacial score (nSPS) is 12.8. The number of amides is 1. The van der Waals surface area contributed by atoms with E-state index in [0.717, 1.165) is 0 Å². The highest BCUT2D eigenvalue weighted by Crippen LogP contribution is 2.34. The van der Waals surface area contributed by atoms with Gasteiger partial charge in [0.2, 0.25) is 5.91 Å². The van der Waals surface area contributed by atoms with Crippen LogP contribution in [0.25, 0.3) is 11.3 Å². The van der Waals surface area contributed by atoms with Crippen molar-refractivity contribution in [3.63, 3.8) is 0 Å². The second-order valence-electron chi connectivity index (χ2n) is 6.76. The Morgan fingerprint density at radius 2 is 2.17 bits per heavy atom. The van der Waals surface area contributed by atoms with E-state index < -0.39 is 17.8 Å². The lowest BCUT2D eigenvalue weighted by molar-refractivity contribution is -0.118. The van der Waals surface area contributed by atoms with Gasteiger partial charge in [0.05, 0.1) is 30.6 Å². The average Bonchev–Trinajstić information content (AvgIpc) is 3.01. The Labute approximate surface area is 140 Å². The maximum absolute atomic E-state index is 14.3. The molecule has 0 aliphatic heterocycles. The number of nitrogens with one attached hydrogen (secondary N) is 1. The number of rotatable bonds is 5. The summed E-state index contributed by atoms with van der Waals surface area (Å²) in [4.78, 5) is 16.0. The van der Waals surface area contributed by atoms with Crippen molar-refractivity contribution in [2.24, 2.45) is 11.1 Å². The second kappa shape index (κ2) is 7.00. The van der Waals surface area contributed by atoms with Crippen molar-refractivity contribution in [1.82, 2.24) is 4.98 Å². The Morgan fingerprint density at radius 1 is 1.46 bits per heavy atom. The average molecular weight is 335 g/mol. The number of halogens is 1. The Morgan fingerprint density at radius 3 is 2.71 bits per heavy atom. The zero-order valence-corrected chi connectivity index (χ0v) is 14.2. The minimum absolute atomic E-state index is 0.00414. The molecule has 1 atom stereocenters. The van der Waals surface area contributed by atoms with E-state index in [1.165, 1.54) is 31.8 Å². The van der Waals surface area contributed by atoms with Gasteiger partial charge in [0.15, 0.2) is 12.2 Å². The molecule has 0 bridgehead atoms. The number of oxazole rings is 1. The molecule has 7 heteroatoms. The van der Waals surface area contributed by atoms with Crippen LogP contribution in [0.3, 0.4) is 0 Å². The molecule has 6 nitrogen and oxygen atoms in total. The highest BCUT2D eigenvalue weighted by Gasteiger charge is 2.23. The van der Waals surface area contributed by atoms with Gasteiger partial charge in [0, 0.05) is 6.07 Å². The van der Waals surface area contributed by atoms with Gasteiger partial charge in [-0.1, -0.05) is 20.8 Å². The number of nitrogens with zero attached hydrogens (tertiary/aromatic N) is 1. The summed E-state index contributed by atoms with van der Waals surface area (Å²) >= 11 is 0. The first-order valence-corrected chi connectivity index (χ1v) is 7.54. The lowest BCUT2D eigenvalue weighted by atomic mass is 9.88. The molecule has 3 N–H and O–H groups in total. The summed E-state index contributed by atoms with van der Waals surface area (Å²) in [5.41, 5.74) is 6.19. The first-order valence-electron chi connectivity index (χ1n) is 7.54. The third kappa shape index (κ3) is 4.32. The minimum Gasteiger partial charge on any atom is -0.496 e. The van der Waals surface area contributed by atoms with Gasteiger partial charge in [0.25, 0.3) is 0 Å². The smallest absolute Gasteiger partial charge is 0.241 e. The van der Waals surface area contributed by atoms with Crippen molar-refractivity contribution in [2.75, 3.05) is 12.4 Å². The van der Waals surface area contributed by atoms with Crippen LogP contribution < -0.4 is 15.8 Å². The van der Waals surface area contributed by atoms with E-state index in [4.69, 9.17) is 14.9 Å². The van der Waals surface area contributed by atoms with Gasteiger partial charge >= 0.3 is 0 Å². The number of carbonyl (C=O) groups excluding carboxylic acids is 1. The van der Waals surface area contributed by atoms with Crippen LogP contribution in [-0.4, -0.2) is 24.0 Å². The molecule has 0 radical (unpaired) electrons. The minimum atomic E-state index is -0.732. The van der Waals surface area contributed by atoms with Crippen LogP contribution in [0.5, 0.6) is 5.75 Å². The number of hydrogen-bond acceptors (Lipinski definition) is 5. The van der Waals surface area contributed by atoms with Gasteiger partial charge in [-0.2, -0.15) is 0 Å². The van der Waals surface area contributed by atoms with E-state index in [1.54, 1.807) is 0 Å². The van der Waals surface area contributed by atoms with Crippen LogP contribution in [-0.2, 0) is 4.79 Å². The van der Waals surface area contributed by atoms with Gasteiger partial charge in [-0.15, -0.1) is 0 Å². The molecule has 2 rings (SSSR count). The van der Waals surface area contributed by atoms with Gasteiger partial charge in [0.1, 0.15) is 11.6 Å². The van der Waals surface area contributed by atoms with Crippen molar-refractivity contribution in [1.29, 1.82) is 0 Å². The Balaban J connectivity index is 2.24. The summed E-state index contributed by atoms with van der Waals surface area (Å²) in [7, 11) is 1.45. The fourth-order valence-corrected chi connectivity index (χ4v) is 2.34. The topological polar surface area (TPSA) is 90.4 Å². The van der Waals surface area contributed by atoms with E-state index >= 15 is 0 Å². The molecule has 0 aliphatic carbocycles. The molecule has 24 heavy (non-hydrogen) atoms. The molecule has 130 valence electrons. The van der Waals surface area contributed by atoms with Crippen molar-refractivity contribution < 1.29 is 18.3 Å². The van der Waals surface area contributed by atoms with Crippen LogP contribution in [0.4, 0.5) is 10.1 Å². The van der Waals surface area contributed by atoms with Crippen LogP contribution >= 0.6 is 0 Å². The Hall–Kier alpha value is -2.41. The third-order valence-corrected chi connectivity index (χ3v) is 3.41. The summed E-state index contributed by atoms with van der Waals surface area (Å²) in [5.74, 6) is -0.335. The van der Waals surface area contributed by atoms with Gasteiger partial charge in [-0.3, -0.25) is 4.79 Å². The van der Waals surface area contributed by atoms with E-state index in [0.29, 0.717) is 23.5 Å². The summed E-state index contributed by atoms with van der Waals surface area (Å²) in [6.45, 7) is 5.95. The molecule has 0 saturated carbocycles. The van der Waals surface area contributed by atoms with Crippen molar-refractivity contribution in [3.05, 3.63) is 30.5 Å². The maximum Gasteiger partial charge on any atom is 0.241 e. The zero-order chi connectivity index (χ0) is 17.9. The highest BCUT2D eigenvalue weighted by molar-refractivity contribution is 5.95. The van der Waals surface area contributed by atoms with E-state index in [9.17, 15) is 9.18 Å². The Kier molecular flexibility index (Phi) is 5.23.